The molecule has 14 aromatic carbocycles. The molecule has 0 unspecified atom stereocenters. The Morgan fingerprint density at radius 3 is 0.284 bits per heavy atom. The highest BCUT2D eigenvalue weighted by Crippen LogP contribution is 2.20. The average Bonchev–Trinajstić information content (AvgIpc) is 0.883. The lowest BCUT2D eigenvalue weighted by Crippen LogP contribution is -1.73. The van der Waals surface area contributed by atoms with Crippen LogP contribution < -0.4 is 0 Å². The molecule has 0 aliphatic carbocycles. The number of fused-ring (bicyclic) bond motifs is 3. The van der Waals surface area contributed by atoms with Gasteiger partial charge in [-0.1, -0.05) is 480 Å². The van der Waals surface area contributed by atoms with Gasteiger partial charge in [0.2, 0.25) is 0 Å². The normalized spacial score (nSPS) is 7.93. The number of allylic oxidation sites excluding steroid dienone is 12. The molecule has 0 N–H and O–H groups in total. The smallest absolute Gasteiger partial charge is 0.0184 e. The zero-order valence-corrected chi connectivity index (χ0v) is 72.7. The zero-order chi connectivity index (χ0) is 87.7. The molecule has 0 bridgehead atoms. The van der Waals surface area contributed by atoms with Gasteiger partial charge in [-0.2, -0.15) is 0 Å². The molecule has 0 radical (unpaired) electrons. The molecule has 0 fully saturated rings. The van der Waals surface area contributed by atoms with Crippen molar-refractivity contribution in [2.75, 3.05) is 0 Å². The molecule has 0 heteroatoms. The summed E-state index contributed by atoms with van der Waals surface area (Å²) in [7, 11) is 0. The average molecular weight is 1530 g/mol. The monoisotopic (exact) mass is 1530 g/mol. The molecule has 0 aliphatic heterocycles. The second kappa shape index (κ2) is 95.7. The predicted octanol–water partition coefficient (Wildman–Crippen LogP) is 36.9. The van der Waals surface area contributed by atoms with Crippen molar-refractivity contribution in [1.82, 2.24) is 0 Å². The maximum absolute atomic E-state index is 3.63. The summed E-state index contributed by atoms with van der Waals surface area (Å²) in [6.07, 6.45) is 22.8. The van der Waals surface area contributed by atoms with Crippen LogP contribution in [-0.2, 0) is 0 Å². The third kappa shape index (κ3) is 73.3. The van der Waals surface area contributed by atoms with Gasteiger partial charge in [0.15, 0.2) is 0 Å². The molecule has 116 heavy (non-hydrogen) atoms. The minimum atomic E-state index is 1.17. The fourth-order valence-electron chi connectivity index (χ4n) is 8.16. The first-order valence-corrected chi connectivity index (χ1v) is 38.9. The van der Waals surface area contributed by atoms with Crippen molar-refractivity contribution in [3.8, 4) is 33.4 Å². The largest absolute Gasteiger partial charge is 0.103 e. The Hall–Kier alpha value is -13.5. The van der Waals surface area contributed by atoms with Gasteiger partial charge >= 0.3 is 0 Å². The van der Waals surface area contributed by atoms with Crippen LogP contribution in [0.4, 0.5) is 0 Å². The molecular formula is C116H140. The van der Waals surface area contributed by atoms with Crippen LogP contribution in [0.25, 0.3) is 71.8 Å². The van der Waals surface area contributed by atoms with E-state index in [9.17, 15) is 0 Å². The Morgan fingerprint density at radius 2 is 0.198 bits per heavy atom. The van der Waals surface area contributed by atoms with Gasteiger partial charge in [0.1, 0.15) is 0 Å². The summed E-state index contributed by atoms with van der Waals surface area (Å²) in [6, 6.07) is 135. The van der Waals surface area contributed by atoms with Crippen LogP contribution in [0.5, 0.6) is 0 Å². The van der Waals surface area contributed by atoms with Gasteiger partial charge in [-0.15, -0.1) is 78.9 Å². The van der Waals surface area contributed by atoms with E-state index in [1.165, 1.54) is 71.3 Å². The maximum atomic E-state index is 3.63. The lowest BCUT2D eigenvalue weighted by atomic mass is 10.1. The Bertz CT molecular complexity index is 3640. The number of rotatable bonds is 4. The highest BCUT2D eigenvalue weighted by Gasteiger charge is 1.95. The summed E-state index contributed by atoms with van der Waals surface area (Å²) >= 11 is 0. The van der Waals surface area contributed by atoms with Crippen molar-refractivity contribution < 1.29 is 0 Å². The molecule has 0 nitrogen and oxygen atoms in total. The minimum absolute atomic E-state index is 1.17. The number of hydrogen-bond acceptors (Lipinski definition) is 0. The van der Waals surface area contributed by atoms with E-state index >= 15 is 0 Å². The molecule has 0 saturated heterocycles. The summed E-state index contributed by atoms with van der Waals surface area (Å²) in [4.78, 5) is 0. The first kappa shape index (κ1) is 113. The maximum Gasteiger partial charge on any atom is -0.0184 e. The zero-order valence-electron chi connectivity index (χ0n) is 72.7. The van der Waals surface area contributed by atoms with Crippen LogP contribution >= 0.6 is 0 Å². The van der Waals surface area contributed by atoms with E-state index in [1.807, 2.05) is 192 Å². The van der Waals surface area contributed by atoms with E-state index in [0.29, 0.717) is 0 Å². The van der Waals surface area contributed by atoms with Gasteiger partial charge in [-0.25, -0.2) is 0 Å². The van der Waals surface area contributed by atoms with Crippen molar-refractivity contribution in [2.24, 2.45) is 0 Å². The SMILES string of the molecule is C=CC.C=CC.C=CC.C=CC.C=CC.C=CC.C=CC.C=CC.C=CC.C=CC.C=CC.C=CC.C=Cc1ccccc1.c1ccc(-c2ccccc2)cc1.c1ccc(-c2ccccc2)cc1.c1ccc(-c2ccccc2)cc1.c1ccc2ccccc2c1.c1ccc2ccccc2c1.c1ccc2ccccc2c1.c1ccccc1. The van der Waals surface area contributed by atoms with E-state index in [0.717, 1.165) is 0 Å². The molecule has 0 spiro atoms. The number of benzene rings is 14. The number of hydrogen-bond donors (Lipinski definition) is 0. The standard InChI is InChI=1S/3C12H10.3C10H8.C8H8.C6H6.12C3H6/c3*1-3-7-11(8-4-1)12-9-5-2-6-10-12;3*1-2-6-10-8-4-3-7-9(10)5-1;1-2-8-6-4-3-5-7-8;1-2-4-6-5-3-1;12*1-3-2/h3*1-10H;3*1-8H;2-7H,1H2;1-6H;12*3H,1H2,2H3. The highest BCUT2D eigenvalue weighted by molar-refractivity contribution is 5.83. The van der Waals surface area contributed by atoms with Crippen molar-refractivity contribution in [3.63, 3.8) is 0 Å². The molecular weight excluding hydrogens is 1390 g/mol. The van der Waals surface area contributed by atoms with Gasteiger partial charge in [0, 0.05) is 0 Å². The Kier molecular flexibility index (Phi) is 93.5. The third-order valence-electron chi connectivity index (χ3n) is 12.3. The first-order valence-electron chi connectivity index (χ1n) is 38.9. The van der Waals surface area contributed by atoms with E-state index < -0.39 is 0 Å². The van der Waals surface area contributed by atoms with Crippen LogP contribution in [0.2, 0.25) is 0 Å². The van der Waals surface area contributed by atoms with Crippen LogP contribution in [-0.4, -0.2) is 0 Å². The molecule has 14 aromatic rings. The van der Waals surface area contributed by atoms with Crippen molar-refractivity contribution in [2.45, 2.75) is 83.1 Å². The van der Waals surface area contributed by atoms with Gasteiger partial charge in [0.25, 0.3) is 0 Å². The second-order valence-electron chi connectivity index (χ2n) is 22.9. The van der Waals surface area contributed by atoms with Crippen molar-refractivity contribution in [1.29, 1.82) is 0 Å². The summed E-state index contributed by atoms with van der Waals surface area (Å²) < 4.78 is 0. The molecule has 0 aliphatic rings. The van der Waals surface area contributed by atoms with Gasteiger partial charge in [0.05, 0.1) is 0 Å². The summed E-state index contributed by atoms with van der Waals surface area (Å²) in [5.41, 5.74) is 8.83. The topological polar surface area (TPSA) is 0 Å². The summed E-state index contributed by atoms with van der Waals surface area (Å²) in [5, 5.41) is 7.86. The molecule has 14 rings (SSSR count). The van der Waals surface area contributed by atoms with Gasteiger partial charge < -0.3 is 0 Å². The highest BCUT2D eigenvalue weighted by atomic mass is 14.0. The van der Waals surface area contributed by atoms with E-state index in [4.69, 9.17) is 0 Å². The molecule has 0 heterocycles. The van der Waals surface area contributed by atoms with Gasteiger partial charge in [-0.05, 0) is 154 Å². The summed E-state index contributed by atoms with van der Waals surface area (Å²) in [5.74, 6) is 0. The molecule has 0 amide bonds. The van der Waals surface area contributed by atoms with Crippen LogP contribution in [0, 0.1) is 0 Å². The Labute approximate surface area is 708 Å². The minimum Gasteiger partial charge on any atom is -0.103 e. The van der Waals surface area contributed by atoms with E-state index in [2.05, 4.69) is 377 Å². The van der Waals surface area contributed by atoms with E-state index in [1.54, 1.807) is 72.9 Å². The third-order valence-corrected chi connectivity index (χ3v) is 12.3. The van der Waals surface area contributed by atoms with E-state index in [-0.39, 0.29) is 0 Å². The fraction of sp³-hybridized carbons (Fsp3) is 0.103. The molecule has 0 atom stereocenters. The summed E-state index contributed by atoms with van der Waals surface area (Å²) in [6.45, 7) is 66.6. The molecule has 0 aromatic heterocycles. The lowest BCUT2D eigenvalue weighted by molar-refractivity contribution is 1.62. The van der Waals surface area contributed by atoms with Crippen molar-refractivity contribution >= 4 is 38.4 Å². The predicted molar refractivity (Wildman–Crippen MR) is 541 cm³/mol. The molecule has 604 valence electrons. The Balaban J connectivity index is -0.000000283. The lowest BCUT2D eigenvalue weighted by Gasteiger charge is -1.98. The van der Waals surface area contributed by atoms with Crippen LogP contribution in [0.15, 0.2) is 553 Å². The Morgan fingerprint density at radius 1 is 0.121 bits per heavy atom. The quantitative estimate of drug-likeness (QED) is 0.154. The molecule has 0 saturated carbocycles. The first-order chi connectivity index (χ1) is 56.7. The van der Waals surface area contributed by atoms with Crippen LogP contribution in [0.1, 0.15) is 88.6 Å². The van der Waals surface area contributed by atoms with Crippen LogP contribution in [0.3, 0.4) is 0 Å². The van der Waals surface area contributed by atoms with Gasteiger partial charge in [-0.3, -0.25) is 0 Å². The van der Waals surface area contributed by atoms with Crippen molar-refractivity contribution in [3.05, 3.63) is 558 Å². The second-order valence-corrected chi connectivity index (χ2v) is 22.9. The fourth-order valence-corrected chi connectivity index (χ4v) is 8.16.